The maximum atomic E-state index is 12.2. The number of amides is 1. The molecule has 0 radical (unpaired) electrons. The van der Waals surface area contributed by atoms with Crippen molar-refractivity contribution in [2.24, 2.45) is 17.6 Å². The van der Waals surface area contributed by atoms with Gasteiger partial charge in [0, 0.05) is 22.1 Å². The minimum absolute atomic E-state index is 0. The van der Waals surface area contributed by atoms with Crippen LogP contribution in [0.1, 0.15) is 32.1 Å². The van der Waals surface area contributed by atoms with Crippen molar-refractivity contribution in [3.63, 3.8) is 0 Å². The van der Waals surface area contributed by atoms with Crippen LogP contribution in [0.2, 0.25) is 10.0 Å². The van der Waals surface area contributed by atoms with Crippen LogP contribution < -0.4 is 15.8 Å². The molecule has 3 rings (SSSR count). The zero-order valence-corrected chi connectivity index (χ0v) is 15.7. The predicted octanol–water partition coefficient (Wildman–Crippen LogP) is 3.82. The third kappa shape index (κ3) is 4.92. The van der Waals surface area contributed by atoms with Gasteiger partial charge in [-0.05, 0) is 55.7 Å². The van der Waals surface area contributed by atoms with Crippen molar-refractivity contribution in [2.45, 2.75) is 44.2 Å². The first-order valence-electron chi connectivity index (χ1n) is 8.15. The van der Waals surface area contributed by atoms with Crippen LogP contribution in [-0.4, -0.2) is 24.6 Å². The highest BCUT2D eigenvalue weighted by Crippen LogP contribution is 2.39. The number of ether oxygens (including phenoxy) is 1. The Morgan fingerprint density at radius 3 is 2.33 bits per heavy atom. The normalized spacial score (nSPS) is 28.6. The van der Waals surface area contributed by atoms with Gasteiger partial charge in [0.05, 0.1) is 0 Å². The van der Waals surface area contributed by atoms with Gasteiger partial charge >= 0.3 is 0 Å². The molecule has 7 heteroatoms. The molecule has 0 spiro atoms. The van der Waals surface area contributed by atoms with Crippen molar-refractivity contribution in [3.8, 4) is 5.75 Å². The van der Waals surface area contributed by atoms with Crippen molar-refractivity contribution < 1.29 is 9.53 Å². The summed E-state index contributed by atoms with van der Waals surface area (Å²) in [6, 6.07) is 5.44. The highest BCUT2D eigenvalue weighted by Gasteiger charge is 2.39. The molecule has 0 aliphatic heterocycles. The van der Waals surface area contributed by atoms with Gasteiger partial charge in [0.15, 0.2) is 6.61 Å². The molecular formula is C17H23Cl3N2O2. The summed E-state index contributed by atoms with van der Waals surface area (Å²) in [4.78, 5) is 12.2. The molecule has 0 saturated heterocycles. The number of benzene rings is 1. The van der Waals surface area contributed by atoms with E-state index in [2.05, 4.69) is 5.32 Å². The van der Waals surface area contributed by atoms with Crippen LogP contribution in [0.15, 0.2) is 18.2 Å². The van der Waals surface area contributed by atoms with E-state index in [1.54, 1.807) is 18.2 Å². The second kappa shape index (κ2) is 8.61. The van der Waals surface area contributed by atoms with E-state index in [-0.39, 0.29) is 37.0 Å². The van der Waals surface area contributed by atoms with E-state index in [9.17, 15) is 4.79 Å². The number of carbonyl (C=O) groups is 1. The SMILES string of the molecule is Cl.NC1CC2CCCC(C1)C2NC(=O)COc1cc(Cl)cc(Cl)c1. The largest absolute Gasteiger partial charge is 0.484 e. The van der Waals surface area contributed by atoms with Crippen molar-refractivity contribution >= 4 is 41.5 Å². The van der Waals surface area contributed by atoms with Gasteiger partial charge in [-0.25, -0.2) is 0 Å². The Labute approximate surface area is 158 Å². The van der Waals surface area contributed by atoms with Gasteiger partial charge in [0.25, 0.3) is 5.91 Å². The third-order valence-electron chi connectivity index (χ3n) is 4.91. The summed E-state index contributed by atoms with van der Waals surface area (Å²) >= 11 is 11.8. The van der Waals surface area contributed by atoms with Crippen LogP contribution in [0, 0.1) is 11.8 Å². The molecule has 2 unspecified atom stereocenters. The zero-order valence-electron chi connectivity index (χ0n) is 13.3. The predicted molar refractivity (Wildman–Crippen MR) is 99.2 cm³/mol. The lowest BCUT2D eigenvalue weighted by molar-refractivity contribution is -0.125. The number of fused-ring (bicyclic) bond motifs is 2. The molecule has 2 aliphatic rings. The van der Waals surface area contributed by atoms with Gasteiger partial charge in [-0.3, -0.25) is 4.79 Å². The first kappa shape index (κ1) is 19.6. The van der Waals surface area contributed by atoms with Gasteiger partial charge in [-0.15, -0.1) is 12.4 Å². The minimum atomic E-state index is -0.0986. The lowest BCUT2D eigenvalue weighted by atomic mass is 9.67. The molecule has 2 bridgehead atoms. The number of halogens is 3. The van der Waals surface area contributed by atoms with Crippen LogP contribution in [-0.2, 0) is 4.79 Å². The quantitative estimate of drug-likeness (QED) is 0.817. The fraction of sp³-hybridized carbons (Fsp3) is 0.588. The maximum Gasteiger partial charge on any atom is 0.258 e. The first-order chi connectivity index (χ1) is 11.0. The molecule has 3 N–H and O–H groups in total. The Morgan fingerprint density at radius 1 is 1.17 bits per heavy atom. The van der Waals surface area contributed by atoms with E-state index in [1.807, 2.05) is 0 Å². The number of nitrogens with one attached hydrogen (secondary N) is 1. The standard InChI is InChI=1S/C17H22Cl2N2O2.ClH/c18-12-6-13(19)8-15(7-12)23-9-16(22)21-17-10-2-1-3-11(17)5-14(20)4-10;/h6-8,10-11,14,17H,1-5,9,20H2,(H,21,22);1H. The lowest BCUT2D eigenvalue weighted by Gasteiger charge is -2.45. The molecule has 2 saturated carbocycles. The summed E-state index contributed by atoms with van der Waals surface area (Å²) in [6.45, 7) is -0.0291. The number of carbonyl (C=O) groups excluding carboxylic acids is 1. The summed E-state index contributed by atoms with van der Waals surface area (Å²) in [7, 11) is 0. The molecule has 0 aromatic heterocycles. The molecule has 0 heterocycles. The first-order valence-corrected chi connectivity index (χ1v) is 8.90. The van der Waals surface area contributed by atoms with Gasteiger partial charge in [0.2, 0.25) is 0 Å². The van der Waals surface area contributed by atoms with Crippen LogP contribution in [0.5, 0.6) is 5.75 Å². The van der Waals surface area contributed by atoms with E-state index in [4.69, 9.17) is 33.7 Å². The average molecular weight is 394 g/mol. The maximum absolute atomic E-state index is 12.2. The average Bonchev–Trinajstić information content (AvgIpc) is 2.45. The van der Waals surface area contributed by atoms with E-state index in [1.165, 1.54) is 6.42 Å². The highest BCUT2D eigenvalue weighted by atomic mass is 35.5. The third-order valence-corrected chi connectivity index (χ3v) is 5.35. The molecule has 24 heavy (non-hydrogen) atoms. The number of hydrogen-bond donors (Lipinski definition) is 2. The van der Waals surface area contributed by atoms with E-state index in [0.717, 1.165) is 25.7 Å². The number of rotatable bonds is 4. The lowest BCUT2D eigenvalue weighted by Crippen LogP contribution is -2.54. The van der Waals surface area contributed by atoms with Crippen molar-refractivity contribution in [1.82, 2.24) is 5.32 Å². The Morgan fingerprint density at radius 2 is 1.75 bits per heavy atom. The molecule has 1 amide bonds. The monoisotopic (exact) mass is 392 g/mol. The van der Waals surface area contributed by atoms with Crippen LogP contribution in [0.25, 0.3) is 0 Å². The van der Waals surface area contributed by atoms with E-state index in [0.29, 0.717) is 27.6 Å². The van der Waals surface area contributed by atoms with Gasteiger partial charge in [0.1, 0.15) is 5.75 Å². The molecule has 134 valence electrons. The summed E-state index contributed by atoms with van der Waals surface area (Å²) < 4.78 is 5.51. The Kier molecular flexibility index (Phi) is 7.05. The number of nitrogens with two attached hydrogens (primary N) is 1. The summed E-state index contributed by atoms with van der Waals surface area (Å²) in [6.07, 6.45) is 5.56. The summed E-state index contributed by atoms with van der Waals surface area (Å²) in [5.74, 6) is 1.41. The van der Waals surface area contributed by atoms with Crippen molar-refractivity contribution in [3.05, 3.63) is 28.2 Å². The minimum Gasteiger partial charge on any atom is -0.484 e. The van der Waals surface area contributed by atoms with Gasteiger partial charge in [-0.1, -0.05) is 29.6 Å². The van der Waals surface area contributed by atoms with Gasteiger partial charge < -0.3 is 15.8 Å². The Balaban J connectivity index is 0.00000208. The Hall–Kier alpha value is -0.680. The molecule has 2 fully saturated rings. The highest BCUT2D eigenvalue weighted by molar-refractivity contribution is 6.34. The van der Waals surface area contributed by atoms with Crippen molar-refractivity contribution in [2.75, 3.05) is 6.61 Å². The molecule has 1 aromatic carbocycles. The second-order valence-electron chi connectivity index (χ2n) is 6.67. The molecule has 1 aromatic rings. The van der Waals surface area contributed by atoms with E-state index < -0.39 is 0 Å². The smallest absolute Gasteiger partial charge is 0.258 e. The molecule has 2 aliphatic carbocycles. The summed E-state index contributed by atoms with van der Waals surface area (Å²) in [5, 5.41) is 4.13. The molecule has 2 atom stereocenters. The fourth-order valence-corrected chi connectivity index (χ4v) is 4.52. The zero-order chi connectivity index (χ0) is 16.4. The van der Waals surface area contributed by atoms with Crippen molar-refractivity contribution in [1.29, 1.82) is 0 Å². The fourth-order valence-electron chi connectivity index (χ4n) is 4.01. The Bertz CT molecular complexity index is 551. The summed E-state index contributed by atoms with van der Waals surface area (Å²) in [5.41, 5.74) is 6.12. The van der Waals surface area contributed by atoms with Crippen LogP contribution >= 0.6 is 35.6 Å². The second-order valence-corrected chi connectivity index (χ2v) is 7.54. The number of hydrogen-bond acceptors (Lipinski definition) is 3. The van der Waals surface area contributed by atoms with Gasteiger partial charge in [-0.2, -0.15) is 0 Å². The van der Waals surface area contributed by atoms with Crippen LogP contribution in [0.3, 0.4) is 0 Å². The van der Waals surface area contributed by atoms with E-state index >= 15 is 0 Å². The topological polar surface area (TPSA) is 64.3 Å². The molecular weight excluding hydrogens is 371 g/mol. The van der Waals surface area contributed by atoms with Crippen LogP contribution in [0.4, 0.5) is 0 Å². The molecule has 4 nitrogen and oxygen atoms in total.